The molecule has 0 aliphatic rings. The number of aromatic nitrogens is 1. The van der Waals surface area contributed by atoms with E-state index < -0.39 is 17.6 Å². The van der Waals surface area contributed by atoms with E-state index in [2.05, 4.69) is 10.3 Å². The summed E-state index contributed by atoms with van der Waals surface area (Å²) in [6.07, 6.45) is -4.41. The van der Waals surface area contributed by atoms with Crippen LogP contribution in [0.2, 0.25) is 0 Å². The average molecular weight is 378 g/mol. The molecule has 0 unspecified atom stereocenters. The van der Waals surface area contributed by atoms with E-state index in [1.165, 1.54) is 23.5 Å². The van der Waals surface area contributed by atoms with Crippen molar-refractivity contribution >= 4 is 22.9 Å². The van der Waals surface area contributed by atoms with Crippen LogP contribution in [0.3, 0.4) is 0 Å². The summed E-state index contributed by atoms with van der Waals surface area (Å²) in [6, 6.07) is 10.7. The molecule has 134 valence electrons. The molecule has 1 heterocycles. The third-order valence-electron chi connectivity index (χ3n) is 3.46. The van der Waals surface area contributed by atoms with E-state index in [1.54, 1.807) is 29.8 Å². The molecule has 0 bridgehead atoms. The smallest absolute Gasteiger partial charge is 0.416 e. The lowest BCUT2D eigenvalue weighted by molar-refractivity contribution is -0.137. The molecule has 26 heavy (non-hydrogen) atoms. The molecule has 1 amide bonds. The lowest BCUT2D eigenvalue weighted by atomic mass is 10.1. The predicted octanol–water partition coefficient (Wildman–Crippen LogP) is 4.99. The molecule has 4 nitrogen and oxygen atoms in total. The van der Waals surface area contributed by atoms with Gasteiger partial charge in [0.2, 0.25) is 0 Å². The molecule has 0 fully saturated rings. The third-order valence-corrected chi connectivity index (χ3v) is 4.09. The lowest BCUT2D eigenvalue weighted by Crippen LogP contribution is -2.12. The van der Waals surface area contributed by atoms with Gasteiger partial charge < -0.3 is 10.1 Å². The number of ether oxygens (including phenoxy) is 1. The second kappa shape index (κ2) is 7.57. The molecular formula is C18H13F3N2O2S. The average Bonchev–Trinajstić information content (AvgIpc) is 3.13. The van der Waals surface area contributed by atoms with Gasteiger partial charge in [0, 0.05) is 16.6 Å². The van der Waals surface area contributed by atoms with Gasteiger partial charge in [0.05, 0.1) is 16.8 Å². The Hall–Kier alpha value is -2.87. The van der Waals surface area contributed by atoms with Gasteiger partial charge in [-0.15, -0.1) is 11.3 Å². The van der Waals surface area contributed by atoms with Gasteiger partial charge in [-0.1, -0.05) is 0 Å². The zero-order valence-corrected chi connectivity index (χ0v) is 14.1. The van der Waals surface area contributed by atoms with Crippen LogP contribution in [0.5, 0.6) is 5.75 Å². The summed E-state index contributed by atoms with van der Waals surface area (Å²) in [5, 5.41) is 4.44. The van der Waals surface area contributed by atoms with E-state index in [9.17, 15) is 18.0 Å². The maximum Gasteiger partial charge on any atom is 0.416 e. The first-order chi connectivity index (χ1) is 12.4. The number of hydrogen-bond donors (Lipinski definition) is 1. The number of carbonyl (C=O) groups excluding carboxylic acids is 1. The van der Waals surface area contributed by atoms with Crippen LogP contribution in [0.15, 0.2) is 59.4 Å². The predicted molar refractivity (Wildman–Crippen MR) is 92.3 cm³/mol. The fourth-order valence-corrected chi connectivity index (χ4v) is 2.66. The van der Waals surface area contributed by atoms with Gasteiger partial charge in [-0.25, -0.2) is 4.98 Å². The maximum absolute atomic E-state index is 12.5. The first kappa shape index (κ1) is 17.9. The van der Waals surface area contributed by atoms with Crippen LogP contribution in [-0.4, -0.2) is 10.9 Å². The van der Waals surface area contributed by atoms with Crippen molar-refractivity contribution in [2.45, 2.75) is 12.8 Å². The topological polar surface area (TPSA) is 51.2 Å². The molecule has 3 rings (SSSR count). The van der Waals surface area contributed by atoms with Crippen LogP contribution in [0, 0.1) is 0 Å². The number of thiazole rings is 1. The number of carbonyl (C=O) groups is 1. The summed E-state index contributed by atoms with van der Waals surface area (Å²) < 4.78 is 43.2. The third kappa shape index (κ3) is 4.60. The molecule has 1 aromatic heterocycles. The molecule has 0 aliphatic heterocycles. The number of halogens is 3. The van der Waals surface area contributed by atoms with Gasteiger partial charge in [-0.3, -0.25) is 4.79 Å². The van der Waals surface area contributed by atoms with Crippen molar-refractivity contribution in [1.82, 2.24) is 4.98 Å². The highest BCUT2D eigenvalue weighted by atomic mass is 32.1. The van der Waals surface area contributed by atoms with Gasteiger partial charge in [-0.05, 0) is 48.5 Å². The van der Waals surface area contributed by atoms with E-state index in [0.29, 0.717) is 17.9 Å². The van der Waals surface area contributed by atoms with Crippen molar-refractivity contribution in [3.8, 4) is 5.75 Å². The van der Waals surface area contributed by atoms with E-state index >= 15 is 0 Å². The van der Waals surface area contributed by atoms with E-state index in [0.717, 1.165) is 17.8 Å². The van der Waals surface area contributed by atoms with Crippen LogP contribution >= 0.6 is 11.3 Å². The molecule has 1 N–H and O–H groups in total. The lowest BCUT2D eigenvalue weighted by Gasteiger charge is -2.09. The van der Waals surface area contributed by atoms with Crippen molar-refractivity contribution in [3.05, 3.63) is 76.2 Å². The minimum absolute atomic E-state index is 0.284. The zero-order chi connectivity index (χ0) is 18.6. The van der Waals surface area contributed by atoms with Crippen molar-refractivity contribution in [3.63, 3.8) is 0 Å². The molecule has 8 heteroatoms. The van der Waals surface area contributed by atoms with Gasteiger partial charge in [0.15, 0.2) is 0 Å². The van der Waals surface area contributed by atoms with Crippen molar-refractivity contribution in [2.75, 3.05) is 5.32 Å². The highest BCUT2D eigenvalue weighted by Gasteiger charge is 2.29. The summed E-state index contributed by atoms with van der Waals surface area (Å²) in [4.78, 5) is 16.3. The van der Waals surface area contributed by atoms with Crippen molar-refractivity contribution in [2.24, 2.45) is 0 Å². The van der Waals surface area contributed by atoms with Gasteiger partial charge in [0.1, 0.15) is 12.4 Å². The number of nitrogens with zero attached hydrogens (tertiary/aromatic N) is 1. The largest absolute Gasteiger partial charge is 0.487 e. The Bertz CT molecular complexity index is 861. The molecular weight excluding hydrogens is 365 g/mol. The van der Waals surface area contributed by atoms with Crippen LogP contribution in [0.4, 0.5) is 18.9 Å². The number of alkyl halides is 3. The molecule has 0 spiro atoms. The first-order valence-corrected chi connectivity index (χ1v) is 8.44. The van der Waals surface area contributed by atoms with Crippen LogP contribution in [-0.2, 0) is 12.8 Å². The maximum atomic E-state index is 12.5. The number of benzene rings is 2. The fraction of sp³-hybridized carbons (Fsp3) is 0.111. The Kier molecular flexibility index (Phi) is 5.22. The van der Waals surface area contributed by atoms with Gasteiger partial charge in [0.25, 0.3) is 5.91 Å². The summed E-state index contributed by atoms with van der Waals surface area (Å²) in [7, 11) is 0. The minimum atomic E-state index is -4.41. The molecule has 0 atom stereocenters. The summed E-state index contributed by atoms with van der Waals surface area (Å²) >= 11 is 1.48. The highest BCUT2D eigenvalue weighted by molar-refractivity contribution is 7.07. The Labute approximate surface area is 151 Å². The van der Waals surface area contributed by atoms with Gasteiger partial charge >= 0.3 is 6.18 Å². The molecule has 0 radical (unpaired) electrons. The number of hydrogen-bond acceptors (Lipinski definition) is 4. The fourth-order valence-electron chi connectivity index (χ4n) is 2.11. The molecule has 0 saturated heterocycles. The summed E-state index contributed by atoms with van der Waals surface area (Å²) in [5.41, 5.74) is 2.42. The van der Waals surface area contributed by atoms with Crippen LogP contribution in [0.25, 0.3) is 0 Å². The zero-order valence-electron chi connectivity index (χ0n) is 13.3. The highest BCUT2D eigenvalue weighted by Crippen LogP contribution is 2.29. The molecule has 0 aliphatic carbocycles. The van der Waals surface area contributed by atoms with Crippen molar-refractivity contribution in [1.29, 1.82) is 0 Å². The van der Waals surface area contributed by atoms with E-state index in [-0.39, 0.29) is 5.69 Å². The first-order valence-electron chi connectivity index (χ1n) is 7.50. The Morgan fingerprint density at radius 1 is 1.08 bits per heavy atom. The Morgan fingerprint density at radius 2 is 1.77 bits per heavy atom. The van der Waals surface area contributed by atoms with E-state index in [4.69, 9.17) is 4.74 Å². The minimum Gasteiger partial charge on any atom is -0.487 e. The quantitative estimate of drug-likeness (QED) is 0.680. The number of anilines is 1. The number of amides is 1. The second-order valence-corrected chi connectivity index (χ2v) is 6.04. The summed E-state index contributed by atoms with van der Waals surface area (Å²) in [5.74, 6) is 0.167. The molecule has 3 aromatic rings. The van der Waals surface area contributed by atoms with E-state index in [1.807, 2.05) is 5.38 Å². The van der Waals surface area contributed by atoms with Crippen LogP contribution in [0.1, 0.15) is 21.6 Å². The van der Waals surface area contributed by atoms with Crippen molar-refractivity contribution < 1.29 is 22.7 Å². The van der Waals surface area contributed by atoms with Gasteiger partial charge in [-0.2, -0.15) is 13.2 Å². The van der Waals surface area contributed by atoms with Crippen LogP contribution < -0.4 is 10.1 Å². The number of nitrogens with one attached hydrogen (secondary N) is 1. The number of rotatable bonds is 5. The monoisotopic (exact) mass is 378 g/mol. The standard InChI is InChI=1S/C18H13F3N2O2S/c19-18(20,21)13-3-5-14(6-4-13)23-17(24)12-1-7-16(8-2-12)25-9-15-10-26-11-22-15/h1-8,10-11H,9H2,(H,23,24). The normalized spacial score (nSPS) is 11.2. The molecule has 0 saturated carbocycles. The second-order valence-electron chi connectivity index (χ2n) is 5.32. The molecule has 2 aromatic carbocycles. The SMILES string of the molecule is O=C(Nc1ccc(C(F)(F)F)cc1)c1ccc(OCc2cscn2)cc1. The Balaban J connectivity index is 1.59. The summed E-state index contributed by atoms with van der Waals surface area (Å²) in [6.45, 7) is 0.334. The Morgan fingerprint density at radius 3 is 2.35 bits per heavy atom.